The predicted octanol–water partition coefficient (Wildman–Crippen LogP) is 4.65. The maximum absolute atomic E-state index is 12.8. The Balaban J connectivity index is 0.00000289. The highest BCUT2D eigenvalue weighted by atomic mass is 35.5. The highest BCUT2D eigenvalue weighted by Gasteiger charge is 2.44. The van der Waals surface area contributed by atoms with Crippen molar-refractivity contribution >= 4 is 35.6 Å². The first kappa shape index (κ1) is 26.0. The number of hydrogen-bond donors (Lipinski definition) is 1. The number of rotatable bonds is 9. The topological polar surface area (TPSA) is 61.9 Å². The Bertz CT molecular complexity index is 986. The Morgan fingerprint density at radius 2 is 1.94 bits per heavy atom. The summed E-state index contributed by atoms with van der Waals surface area (Å²) in [7, 11) is 1.67. The molecule has 190 valence electrons. The van der Waals surface area contributed by atoms with Crippen LogP contribution >= 0.6 is 23.7 Å². The average molecular weight is 518 g/mol. The fourth-order valence-electron chi connectivity index (χ4n) is 5.38. The fraction of sp³-hybridized carbons (Fsp3) is 0.556. The Morgan fingerprint density at radius 1 is 1.20 bits per heavy atom. The molecule has 2 aliphatic heterocycles. The van der Waals surface area contributed by atoms with E-state index in [1.54, 1.807) is 18.4 Å². The van der Waals surface area contributed by atoms with E-state index >= 15 is 0 Å². The number of likely N-dealkylation sites (tertiary alicyclic amines) is 2. The zero-order chi connectivity index (χ0) is 23.5. The van der Waals surface area contributed by atoms with E-state index in [4.69, 9.17) is 4.74 Å². The molecule has 8 heteroatoms. The van der Waals surface area contributed by atoms with Crippen LogP contribution in [0, 0.1) is 11.3 Å². The minimum atomic E-state index is 0. The van der Waals surface area contributed by atoms with Crippen LogP contribution < -0.4 is 10.1 Å². The molecule has 3 heterocycles. The minimum absolute atomic E-state index is 0. The lowest BCUT2D eigenvalue weighted by molar-refractivity contribution is -0.128. The Morgan fingerprint density at radius 3 is 2.57 bits per heavy atom. The van der Waals surface area contributed by atoms with Crippen LogP contribution in [0.3, 0.4) is 0 Å². The molecule has 1 atom stereocenters. The van der Waals surface area contributed by atoms with Gasteiger partial charge in [-0.3, -0.25) is 9.59 Å². The first-order valence-corrected chi connectivity index (χ1v) is 13.4. The molecule has 2 amide bonds. The molecule has 0 bridgehead atoms. The summed E-state index contributed by atoms with van der Waals surface area (Å²) in [5, 5.41) is 5.39. The molecule has 0 radical (unpaired) electrons. The van der Waals surface area contributed by atoms with Crippen LogP contribution in [0.25, 0.3) is 0 Å². The van der Waals surface area contributed by atoms with Gasteiger partial charge in [-0.1, -0.05) is 18.2 Å². The fourth-order valence-corrected chi connectivity index (χ4v) is 6.20. The van der Waals surface area contributed by atoms with E-state index in [1.807, 2.05) is 29.2 Å². The number of nitrogens with zero attached hydrogens (tertiary/aromatic N) is 2. The third-order valence-corrected chi connectivity index (χ3v) is 8.73. The second kappa shape index (κ2) is 11.3. The third-order valence-electron chi connectivity index (χ3n) is 7.74. The van der Waals surface area contributed by atoms with Gasteiger partial charge in [0.05, 0.1) is 13.2 Å². The van der Waals surface area contributed by atoms with Crippen molar-refractivity contribution in [1.29, 1.82) is 0 Å². The molecule has 3 fully saturated rings. The highest BCUT2D eigenvalue weighted by Crippen LogP contribution is 2.42. The van der Waals surface area contributed by atoms with Gasteiger partial charge in [0, 0.05) is 36.9 Å². The van der Waals surface area contributed by atoms with Gasteiger partial charge in [-0.2, -0.15) is 0 Å². The maximum atomic E-state index is 12.8. The Kier molecular flexibility index (Phi) is 8.40. The Labute approximate surface area is 218 Å². The monoisotopic (exact) mass is 517 g/mol. The number of amides is 2. The van der Waals surface area contributed by atoms with Gasteiger partial charge in [0.25, 0.3) is 0 Å². The first-order valence-electron chi connectivity index (χ1n) is 12.5. The summed E-state index contributed by atoms with van der Waals surface area (Å²) < 4.78 is 5.24. The molecule has 0 unspecified atom stereocenters. The normalized spacial score (nSPS) is 20.5. The van der Waals surface area contributed by atoms with Crippen molar-refractivity contribution in [3.05, 3.63) is 52.2 Å². The van der Waals surface area contributed by atoms with Gasteiger partial charge in [0.2, 0.25) is 11.8 Å². The predicted molar refractivity (Wildman–Crippen MR) is 141 cm³/mol. The lowest BCUT2D eigenvalue weighted by atomic mass is 9.77. The van der Waals surface area contributed by atoms with Gasteiger partial charge in [-0.15, -0.1) is 23.7 Å². The molecule has 1 aromatic heterocycles. The van der Waals surface area contributed by atoms with Crippen LogP contribution in [0.5, 0.6) is 5.75 Å². The number of carbonyl (C=O) groups excluding carboxylic acids is 2. The number of piperidine rings is 1. The van der Waals surface area contributed by atoms with E-state index in [1.165, 1.54) is 4.88 Å². The quantitative estimate of drug-likeness (QED) is 0.526. The number of ether oxygens (including phenoxy) is 1. The van der Waals surface area contributed by atoms with Gasteiger partial charge in [-0.25, -0.2) is 0 Å². The van der Waals surface area contributed by atoms with Crippen LogP contribution in [0.15, 0.2) is 41.8 Å². The van der Waals surface area contributed by atoms with Crippen molar-refractivity contribution < 1.29 is 14.3 Å². The largest absolute Gasteiger partial charge is 0.497 e. The van der Waals surface area contributed by atoms with Gasteiger partial charge in [0.15, 0.2) is 0 Å². The third kappa shape index (κ3) is 6.38. The lowest BCUT2D eigenvalue weighted by Gasteiger charge is -2.39. The molecular formula is C27H36ClN3O3S. The van der Waals surface area contributed by atoms with Gasteiger partial charge < -0.3 is 19.9 Å². The van der Waals surface area contributed by atoms with Crippen LogP contribution in [-0.2, 0) is 16.1 Å². The zero-order valence-electron chi connectivity index (χ0n) is 20.4. The number of halogens is 1. The molecule has 1 saturated carbocycles. The van der Waals surface area contributed by atoms with Gasteiger partial charge >= 0.3 is 0 Å². The van der Waals surface area contributed by atoms with Crippen molar-refractivity contribution in [3.63, 3.8) is 0 Å². The molecule has 1 spiro atoms. The first-order chi connectivity index (χ1) is 16.5. The number of nitrogens with one attached hydrogen (secondary N) is 1. The second-order valence-corrected chi connectivity index (χ2v) is 11.2. The molecule has 1 N–H and O–H groups in total. The van der Waals surface area contributed by atoms with Crippen molar-refractivity contribution in [1.82, 2.24) is 15.1 Å². The highest BCUT2D eigenvalue weighted by molar-refractivity contribution is 7.10. The van der Waals surface area contributed by atoms with E-state index < -0.39 is 0 Å². The molecule has 35 heavy (non-hydrogen) atoms. The second-order valence-electron chi connectivity index (χ2n) is 10.3. The van der Waals surface area contributed by atoms with Crippen molar-refractivity contribution in [2.75, 3.05) is 33.3 Å². The van der Waals surface area contributed by atoms with Crippen LogP contribution in [0.1, 0.15) is 55.0 Å². The van der Waals surface area contributed by atoms with Crippen LogP contribution in [0.2, 0.25) is 0 Å². The van der Waals surface area contributed by atoms with Crippen LogP contribution in [0.4, 0.5) is 0 Å². The number of hydrogen-bond acceptors (Lipinski definition) is 5. The van der Waals surface area contributed by atoms with Gasteiger partial charge in [-0.05, 0) is 79.8 Å². The van der Waals surface area contributed by atoms with Crippen molar-refractivity contribution in [3.8, 4) is 5.75 Å². The Hall–Kier alpha value is -2.09. The maximum Gasteiger partial charge on any atom is 0.223 e. The van der Waals surface area contributed by atoms with Crippen LogP contribution in [-0.4, -0.2) is 54.9 Å². The molecule has 6 nitrogen and oxygen atoms in total. The summed E-state index contributed by atoms with van der Waals surface area (Å²) in [6, 6.07) is 12.3. The van der Waals surface area contributed by atoms with E-state index in [0.717, 1.165) is 69.6 Å². The molecule has 1 aromatic carbocycles. The summed E-state index contributed by atoms with van der Waals surface area (Å²) in [6.07, 6.45) is 5.81. The molecule has 2 saturated heterocycles. The summed E-state index contributed by atoms with van der Waals surface area (Å²) in [5.41, 5.74) is 1.27. The molecular weight excluding hydrogens is 482 g/mol. The van der Waals surface area contributed by atoms with Gasteiger partial charge in [0.1, 0.15) is 5.75 Å². The number of thiophene rings is 1. The SMILES string of the molecule is COc1ccc(CN2CC3(CCN(CC[C@H](NC(=O)C4CC4)c4cccs4)CC3)CC2=O)cc1.Cl. The lowest BCUT2D eigenvalue weighted by Crippen LogP contribution is -2.42. The van der Waals surface area contributed by atoms with E-state index in [2.05, 4.69) is 27.7 Å². The number of benzene rings is 1. The van der Waals surface area contributed by atoms with Crippen molar-refractivity contribution in [2.45, 2.75) is 51.1 Å². The molecule has 1 aliphatic carbocycles. The summed E-state index contributed by atoms with van der Waals surface area (Å²) in [5.74, 6) is 1.58. The number of carbonyl (C=O) groups is 2. The average Bonchev–Trinajstić information content (AvgIpc) is 3.48. The molecule has 5 rings (SSSR count). The zero-order valence-corrected chi connectivity index (χ0v) is 22.0. The van der Waals surface area contributed by atoms with E-state index in [0.29, 0.717) is 13.0 Å². The van der Waals surface area contributed by atoms with Crippen molar-refractivity contribution in [2.24, 2.45) is 11.3 Å². The number of methoxy groups -OCH3 is 1. The van der Waals surface area contributed by atoms with E-state index in [-0.39, 0.29) is 41.6 Å². The molecule has 3 aliphatic rings. The summed E-state index contributed by atoms with van der Waals surface area (Å²) >= 11 is 1.73. The van der Waals surface area contributed by atoms with E-state index in [9.17, 15) is 9.59 Å². The smallest absolute Gasteiger partial charge is 0.223 e. The summed E-state index contributed by atoms with van der Waals surface area (Å²) in [6.45, 7) is 4.57. The minimum Gasteiger partial charge on any atom is -0.497 e. The summed E-state index contributed by atoms with van der Waals surface area (Å²) in [4.78, 5) is 31.0. The standard InChI is InChI=1S/C27H35N3O3S.ClH/c1-33-22-8-4-20(5-9-22)18-30-19-27(17-25(30)31)11-14-29(15-12-27)13-10-23(24-3-2-16-34-24)28-26(32)21-6-7-21;/h2-5,8-9,16,21,23H,6-7,10-15,17-19H2,1H3,(H,28,32);1H/t23-;/m0./s1. The molecule has 2 aromatic rings.